The largest absolute Gasteiger partial charge is 0.495 e. The summed E-state index contributed by atoms with van der Waals surface area (Å²) in [6.07, 6.45) is 5.07. The Bertz CT molecular complexity index is 1350. The summed E-state index contributed by atoms with van der Waals surface area (Å²) >= 11 is 1.62. The number of hydrogen-bond acceptors (Lipinski definition) is 6. The summed E-state index contributed by atoms with van der Waals surface area (Å²) in [5.74, 6) is 6.65. The minimum Gasteiger partial charge on any atom is -0.495 e. The fraction of sp³-hybridized carbons (Fsp3) is 0.500. The van der Waals surface area contributed by atoms with Gasteiger partial charge in [-0.05, 0) is 74.4 Å². The molecule has 1 atom stereocenters. The summed E-state index contributed by atoms with van der Waals surface area (Å²) < 4.78 is 52.1. The van der Waals surface area contributed by atoms with Gasteiger partial charge in [-0.2, -0.15) is 13.2 Å². The number of fused-ring (bicyclic) bond motifs is 1. The van der Waals surface area contributed by atoms with Gasteiger partial charge in [0.25, 0.3) is 0 Å². The highest BCUT2D eigenvalue weighted by Gasteiger charge is 2.30. The minimum absolute atomic E-state index is 0.274. The molecule has 1 aliphatic heterocycles. The first kappa shape index (κ1) is 31.9. The summed E-state index contributed by atoms with van der Waals surface area (Å²) in [4.78, 5) is 1.08. The van der Waals surface area contributed by atoms with Crippen LogP contribution in [0.5, 0.6) is 5.75 Å². The van der Waals surface area contributed by atoms with Gasteiger partial charge in [0.2, 0.25) is 0 Å². The number of alkyl halides is 3. The lowest BCUT2D eigenvalue weighted by Gasteiger charge is -2.24. The number of benzene rings is 2. The third kappa shape index (κ3) is 9.00. The van der Waals surface area contributed by atoms with E-state index in [-0.39, 0.29) is 6.54 Å². The average Bonchev–Trinajstić information content (AvgIpc) is 3.64. The van der Waals surface area contributed by atoms with Gasteiger partial charge in [-0.1, -0.05) is 31.2 Å². The zero-order chi connectivity index (χ0) is 30.0. The van der Waals surface area contributed by atoms with Crippen LogP contribution in [0.4, 0.5) is 24.5 Å². The molecule has 2 aromatic carbocycles. The van der Waals surface area contributed by atoms with E-state index in [9.17, 15) is 13.2 Å². The van der Waals surface area contributed by atoms with E-state index in [0.717, 1.165) is 47.6 Å². The van der Waals surface area contributed by atoms with Crippen LogP contribution in [0.25, 0.3) is 10.9 Å². The quantitative estimate of drug-likeness (QED) is 0.188. The van der Waals surface area contributed by atoms with Gasteiger partial charge in [-0.3, -0.25) is 0 Å². The monoisotopic (exact) mass is 602 g/mol. The zero-order valence-corrected chi connectivity index (χ0v) is 25.4. The Hall–Kier alpha value is -3.00. The average molecular weight is 603 g/mol. The highest BCUT2D eigenvalue weighted by Crippen LogP contribution is 2.32. The molecule has 0 spiro atoms. The number of nitrogens with one attached hydrogen (secondary N) is 3. The van der Waals surface area contributed by atoms with Crippen molar-refractivity contribution in [2.75, 3.05) is 50.7 Å². The third-order valence-electron chi connectivity index (χ3n) is 7.59. The fourth-order valence-corrected chi connectivity index (χ4v) is 5.81. The second-order valence-corrected chi connectivity index (χ2v) is 11.4. The molecule has 228 valence electrons. The molecule has 42 heavy (non-hydrogen) atoms. The number of nitrogens with zero attached hydrogens (tertiary/aromatic N) is 1. The van der Waals surface area contributed by atoms with Gasteiger partial charge >= 0.3 is 6.18 Å². The van der Waals surface area contributed by atoms with Gasteiger partial charge in [0.1, 0.15) is 12.3 Å². The van der Waals surface area contributed by atoms with E-state index >= 15 is 0 Å². The predicted octanol–water partition coefficient (Wildman–Crippen LogP) is 7.14. The molecule has 6 nitrogen and oxygen atoms in total. The zero-order valence-electron chi connectivity index (χ0n) is 24.6. The number of halogens is 3. The molecule has 2 aliphatic rings. The van der Waals surface area contributed by atoms with Crippen molar-refractivity contribution in [1.82, 2.24) is 9.88 Å². The van der Waals surface area contributed by atoms with Gasteiger partial charge in [0.15, 0.2) is 0 Å². The van der Waals surface area contributed by atoms with Crippen molar-refractivity contribution < 1.29 is 22.6 Å². The summed E-state index contributed by atoms with van der Waals surface area (Å²) in [5, 5.41) is 10.7. The second kappa shape index (κ2) is 15.5. The van der Waals surface area contributed by atoms with Crippen LogP contribution in [0.2, 0.25) is 0 Å². The van der Waals surface area contributed by atoms with E-state index in [1.807, 2.05) is 36.6 Å². The van der Waals surface area contributed by atoms with Crippen molar-refractivity contribution in [3.8, 4) is 17.6 Å². The van der Waals surface area contributed by atoms with Gasteiger partial charge in [0.05, 0.1) is 36.7 Å². The van der Waals surface area contributed by atoms with Crippen LogP contribution < -0.4 is 20.7 Å². The molecule has 1 saturated carbocycles. The number of hydrogen-bond donors (Lipinski definition) is 3. The number of anilines is 2. The number of thioether (sulfide) groups is 1. The maximum absolute atomic E-state index is 13.4. The number of rotatable bonds is 8. The van der Waals surface area contributed by atoms with E-state index < -0.39 is 12.7 Å². The van der Waals surface area contributed by atoms with Crippen LogP contribution in [0.1, 0.15) is 44.2 Å². The molecule has 3 N–H and O–H groups in total. The molecule has 1 unspecified atom stereocenters. The van der Waals surface area contributed by atoms with Gasteiger partial charge < -0.3 is 30.0 Å². The molecule has 0 amide bonds. The van der Waals surface area contributed by atoms with Crippen molar-refractivity contribution >= 4 is 34.0 Å². The molecular formula is C32H41F3N4O2S. The first-order chi connectivity index (χ1) is 20.3. The molecule has 3 aromatic rings. The Balaban J connectivity index is 0.000000507. The molecule has 1 aromatic heterocycles. The standard InChI is InChI=1S/C27H30F3N3OS.C5H11NO/c1-34-26-17-21(35-2)13-14-24(26)31-15-7-10-20-16-22-23(32-19-8-4-3-5-9-19)11-6-12-25(22)33(20)18-27(28,29)30;1-7-5-2-3-6-4-5/h6,11-14,16-17,19,31-32H,3-5,8-9,15,18H2,1-2H3;5-6H,2-4H2,1H3. The second-order valence-electron chi connectivity index (χ2n) is 10.5. The lowest BCUT2D eigenvalue weighted by atomic mass is 9.95. The van der Waals surface area contributed by atoms with E-state index in [4.69, 9.17) is 9.47 Å². The van der Waals surface area contributed by atoms with Gasteiger partial charge in [-0.15, -0.1) is 11.8 Å². The Morgan fingerprint density at radius 2 is 1.86 bits per heavy atom. The van der Waals surface area contributed by atoms with Crippen molar-refractivity contribution in [2.24, 2.45) is 0 Å². The topological polar surface area (TPSA) is 59.5 Å². The third-order valence-corrected chi connectivity index (χ3v) is 8.31. The molecule has 2 heterocycles. The molecular weight excluding hydrogens is 561 g/mol. The maximum Gasteiger partial charge on any atom is 0.406 e. The van der Waals surface area contributed by atoms with Crippen LogP contribution in [0, 0.1) is 11.8 Å². The van der Waals surface area contributed by atoms with Crippen LogP contribution in [-0.2, 0) is 11.3 Å². The Morgan fingerprint density at radius 3 is 2.50 bits per heavy atom. The predicted molar refractivity (Wildman–Crippen MR) is 167 cm³/mol. The normalized spacial score (nSPS) is 17.2. The van der Waals surface area contributed by atoms with Gasteiger partial charge in [-0.25, -0.2) is 0 Å². The maximum atomic E-state index is 13.4. The molecule has 1 saturated heterocycles. The summed E-state index contributed by atoms with van der Waals surface area (Å²) in [5.41, 5.74) is 2.54. The van der Waals surface area contributed by atoms with Crippen LogP contribution in [0.15, 0.2) is 47.4 Å². The molecule has 0 radical (unpaired) electrons. The van der Waals surface area contributed by atoms with Crippen molar-refractivity contribution in [3.63, 3.8) is 0 Å². The van der Waals surface area contributed by atoms with Gasteiger partial charge in [0, 0.05) is 35.7 Å². The minimum atomic E-state index is -4.35. The highest BCUT2D eigenvalue weighted by molar-refractivity contribution is 7.98. The lowest BCUT2D eigenvalue weighted by molar-refractivity contribution is -0.140. The molecule has 2 fully saturated rings. The highest BCUT2D eigenvalue weighted by atomic mass is 32.2. The fourth-order valence-electron chi connectivity index (χ4n) is 5.38. The first-order valence-corrected chi connectivity index (χ1v) is 15.7. The van der Waals surface area contributed by atoms with E-state index in [0.29, 0.717) is 29.1 Å². The SMILES string of the molecule is COC1CCNC1.COc1cc(SC)ccc1NCC#Cc1cc2c(NC3CCCCC3)cccc2n1CC(F)(F)F. The van der Waals surface area contributed by atoms with Crippen molar-refractivity contribution in [2.45, 2.75) is 68.3 Å². The number of aromatic nitrogens is 1. The van der Waals surface area contributed by atoms with E-state index in [2.05, 4.69) is 27.8 Å². The van der Waals surface area contributed by atoms with Crippen LogP contribution in [-0.4, -0.2) is 63.0 Å². The lowest BCUT2D eigenvalue weighted by Crippen LogP contribution is -2.22. The molecule has 0 bridgehead atoms. The smallest absolute Gasteiger partial charge is 0.406 e. The number of methoxy groups -OCH3 is 2. The molecule has 5 rings (SSSR count). The Kier molecular flexibility index (Phi) is 11.8. The van der Waals surface area contributed by atoms with Crippen LogP contribution in [0.3, 0.4) is 0 Å². The summed E-state index contributed by atoms with van der Waals surface area (Å²) in [6.45, 7) is 1.36. The number of ether oxygens (including phenoxy) is 2. The first-order valence-electron chi connectivity index (χ1n) is 14.4. The summed E-state index contributed by atoms with van der Waals surface area (Å²) in [6, 6.07) is 13.4. The van der Waals surface area contributed by atoms with Crippen molar-refractivity contribution in [3.05, 3.63) is 48.2 Å². The Labute approximate surface area is 251 Å². The summed E-state index contributed by atoms with van der Waals surface area (Å²) in [7, 11) is 3.36. The Morgan fingerprint density at radius 1 is 1.05 bits per heavy atom. The van der Waals surface area contributed by atoms with E-state index in [1.54, 1.807) is 38.1 Å². The van der Waals surface area contributed by atoms with Crippen molar-refractivity contribution in [1.29, 1.82) is 0 Å². The molecule has 1 aliphatic carbocycles. The van der Waals surface area contributed by atoms with Crippen LogP contribution >= 0.6 is 11.8 Å². The molecule has 10 heteroatoms. The van der Waals surface area contributed by atoms with E-state index in [1.165, 1.54) is 30.3 Å².